The minimum atomic E-state index is -1.51. The fourth-order valence-electron chi connectivity index (χ4n) is 4.66. The lowest BCUT2D eigenvalue weighted by atomic mass is 9.77. The van der Waals surface area contributed by atoms with Gasteiger partial charge in [-0.2, -0.15) is 0 Å². The van der Waals surface area contributed by atoms with Gasteiger partial charge in [-0.25, -0.2) is 0 Å². The monoisotopic (exact) mass is 569 g/mol. The number of fused-ring (bicyclic) bond motifs is 1. The van der Waals surface area contributed by atoms with Gasteiger partial charge in [0.1, 0.15) is 0 Å². The Balaban J connectivity index is 1.72. The first-order valence-corrected chi connectivity index (χ1v) is 14.4. The molecule has 216 valence electrons. The summed E-state index contributed by atoms with van der Waals surface area (Å²) >= 11 is 1.53. The van der Waals surface area contributed by atoms with Gasteiger partial charge in [0, 0.05) is 44.9 Å². The predicted molar refractivity (Wildman–Crippen MR) is 160 cm³/mol. The Labute approximate surface area is 241 Å². The minimum absolute atomic E-state index is 0.179. The average Bonchev–Trinajstić information content (AvgIpc) is 3.16. The van der Waals surface area contributed by atoms with Gasteiger partial charge in [-0.15, -0.1) is 11.8 Å². The summed E-state index contributed by atoms with van der Waals surface area (Å²) in [7, 11) is 6.02. The molecule has 1 aromatic carbocycles. The number of allylic oxidation sites excluding steroid dienone is 3. The number of thioether (sulfide) groups is 1. The van der Waals surface area contributed by atoms with Crippen LogP contribution in [0.2, 0.25) is 0 Å². The summed E-state index contributed by atoms with van der Waals surface area (Å²) in [6.45, 7) is 2.96. The molecule has 9 nitrogen and oxygen atoms in total. The molecule has 3 rings (SSSR count). The Morgan fingerprint density at radius 2 is 1.90 bits per heavy atom. The lowest BCUT2D eigenvalue weighted by Gasteiger charge is -2.37. The highest BCUT2D eigenvalue weighted by atomic mass is 32.2. The summed E-state index contributed by atoms with van der Waals surface area (Å²) in [6, 6.07) is 6.98. The molecule has 2 aliphatic rings. The predicted octanol–water partition coefficient (Wildman–Crippen LogP) is 1.19. The van der Waals surface area contributed by atoms with Crippen molar-refractivity contribution in [2.75, 3.05) is 66.9 Å². The van der Waals surface area contributed by atoms with Crippen molar-refractivity contribution in [3.63, 3.8) is 0 Å². The van der Waals surface area contributed by atoms with Crippen LogP contribution in [0.15, 0.2) is 70.3 Å². The number of hydrogen-bond acceptors (Lipinski definition) is 9. The molecule has 0 saturated heterocycles. The van der Waals surface area contributed by atoms with Crippen LogP contribution in [-0.2, 0) is 25.6 Å². The number of aldehydes is 1. The number of hydrogen-bond donors (Lipinski definition) is 2. The van der Waals surface area contributed by atoms with E-state index in [1.165, 1.54) is 11.8 Å². The maximum absolute atomic E-state index is 13.5. The molecule has 1 aromatic rings. The van der Waals surface area contributed by atoms with Crippen molar-refractivity contribution in [2.24, 2.45) is 0 Å². The number of nitrogens with zero attached hydrogens (tertiary/aromatic N) is 3. The van der Waals surface area contributed by atoms with Crippen LogP contribution in [0.1, 0.15) is 12.0 Å². The van der Waals surface area contributed by atoms with Crippen LogP contribution in [-0.4, -0.2) is 117 Å². The maximum atomic E-state index is 13.5. The molecule has 1 amide bonds. The Morgan fingerprint density at radius 3 is 2.60 bits per heavy atom. The molecule has 1 aliphatic heterocycles. The number of rotatable bonds is 16. The SMILES string of the molecule is COCCOCCN1C(=O)C(C=O)=C(SCCCN(C)Cc2ccccc2B(O)O)C2=CC=C(N(C)C)C=CC21. The van der Waals surface area contributed by atoms with E-state index in [-0.39, 0.29) is 17.5 Å². The minimum Gasteiger partial charge on any atom is -0.423 e. The van der Waals surface area contributed by atoms with E-state index in [2.05, 4.69) is 4.90 Å². The molecule has 0 aromatic heterocycles. The summed E-state index contributed by atoms with van der Waals surface area (Å²) in [4.78, 5) is 32.3. The molecule has 0 bridgehead atoms. The third-order valence-electron chi connectivity index (χ3n) is 6.78. The van der Waals surface area contributed by atoms with Gasteiger partial charge in [0.2, 0.25) is 0 Å². The van der Waals surface area contributed by atoms with E-state index in [4.69, 9.17) is 9.47 Å². The number of benzene rings is 1. The van der Waals surface area contributed by atoms with Crippen molar-refractivity contribution < 1.29 is 29.1 Å². The van der Waals surface area contributed by atoms with Gasteiger partial charge in [0.05, 0.1) is 31.4 Å². The fraction of sp³-hybridized carbons (Fsp3) is 0.448. The summed E-state index contributed by atoms with van der Waals surface area (Å²) in [6.07, 6.45) is 9.54. The first-order valence-electron chi connectivity index (χ1n) is 13.4. The molecule has 1 heterocycles. The maximum Gasteiger partial charge on any atom is 0.488 e. The van der Waals surface area contributed by atoms with E-state index in [0.717, 1.165) is 34.7 Å². The fourth-order valence-corrected chi connectivity index (χ4v) is 5.78. The molecule has 1 aliphatic carbocycles. The summed E-state index contributed by atoms with van der Waals surface area (Å²) in [5.41, 5.74) is 3.47. The molecule has 0 fully saturated rings. The van der Waals surface area contributed by atoms with Crippen LogP contribution in [0.4, 0.5) is 0 Å². The molecule has 40 heavy (non-hydrogen) atoms. The molecular weight excluding hydrogens is 529 g/mol. The van der Waals surface area contributed by atoms with E-state index in [0.29, 0.717) is 50.4 Å². The van der Waals surface area contributed by atoms with Crippen LogP contribution in [0, 0.1) is 0 Å². The van der Waals surface area contributed by atoms with Gasteiger partial charge < -0.3 is 34.2 Å². The third-order valence-corrected chi connectivity index (χ3v) is 8.02. The molecule has 2 N–H and O–H groups in total. The summed E-state index contributed by atoms with van der Waals surface area (Å²) < 4.78 is 10.7. The van der Waals surface area contributed by atoms with Crippen molar-refractivity contribution >= 4 is 36.5 Å². The zero-order valence-corrected chi connectivity index (χ0v) is 24.6. The molecular formula is C29H40BN3O6S. The van der Waals surface area contributed by atoms with Gasteiger partial charge in [-0.1, -0.05) is 36.4 Å². The second-order valence-electron chi connectivity index (χ2n) is 9.89. The topological polar surface area (TPSA) is 103 Å². The standard InChI is InChI=1S/C29H40BN3O6S/c1-31(2)23-10-12-24-27(13-11-23)33(15-16-39-18-17-38-4)29(35)25(21-34)28(24)40-19-7-14-32(3)20-22-8-5-6-9-26(22)30(36)37/h5-6,8-13,21,27,36-37H,7,14-20H2,1-4H3. The Bertz CT molecular complexity index is 1150. The van der Waals surface area contributed by atoms with Crippen molar-refractivity contribution in [1.82, 2.24) is 14.7 Å². The third kappa shape index (κ3) is 8.42. The van der Waals surface area contributed by atoms with Gasteiger partial charge in [0.25, 0.3) is 5.91 Å². The summed E-state index contributed by atoms with van der Waals surface area (Å²) in [5.74, 6) is 0.427. The van der Waals surface area contributed by atoms with Crippen molar-refractivity contribution in [1.29, 1.82) is 0 Å². The second-order valence-corrected chi connectivity index (χ2v) is 11.0. The molecule has 11 heteroatoms. The highest BCUT2D eigenvalue weighted by Gasteiger charge is 2.37. The number of likely N-dealkylation sites (N-methyl/N-ethyl adjacent to an activating group) is 1. The number of carbonyl (C=O) groups excluding carboxylic acids is 2. The molecule has 0 radical (unpaired) electrons. The smallest absolute Gasteiger partial charge is 0.423 e. The van der Waals surface area contributed by atoms with E-state index in [9.17, 15) is 19.6 Å². The van der Waals surface area contributed by atoms with Crippen LogP contribution >= 0.6 is 11.8 Å². The molecule has 1 unspecified atom stereocenters. The van der Waals surface area contributed by atoms with Gasteiger partial charge in [0.15, 0.2) is 6.29 Å². The van der Waals surface area contributed by atoms with E-state index < -0.39 is 7.12 Å². The molecule has 0 saturated carbocycles. The highest BCUT2D eigenvalue weighted by molar-refractivity contribution is 8.03. The lowest BCUT2D eigenvalue weighted by molar-refractivity contribution is -0.130. The Kier molecular flexibility index (Phi) is 12.7. The van der Waals surface area contributed by atoms with Gasteiger partial charge in [-0.3, -0.25) is 9.59 Å². The van der Waals surface area contributed by atoms with E-state index in [1.807, 2.05) is 62.5 Å². The largest absolute Gasteiger partial charge is 0.488 e. The number of carbonyl (C=O) groups is 2. The zero-order chi connectivity index (χ0) is 29.1. The Morgan fingerprint density at radius 1 is 1.12 bits per heavy atom. The second kappa shape index (κ2) is 15.9. The van der Waals surface area contributed by atoms with Crippen LogP contribution < -0.4 is 5.46 Å². The van der Waals surface area contributed by atoms with Crippen LogP contribution in [0.25, 0.3) is 0 Å². The normalized spacial score (nSPS) is 17.0. The van der Waals surface area contributed by atoms with Gasteiger partial charge in [-0.05, 0) is 54.5 Å². The van der Waals surface area contributed by atoms with E-state index >= 15 is 0 Å². The van der Waals surface area contributed by atoms with Gasteiger partial charge >= 0.3 is 7.12 Å². The Hall–Kier alpha value is -2.67. The summed E-state index contributed by atoms with van der Waals surface area (Å²) in [5, 5.41) is 19.3. The lowest BCUT2D eigenvalue weighted by Crippen LogP contribution is -2.47. The molecule has 1 atom stereocenters. The number of ether oxygens (including phenoxy) is 2. The quantitative estimate of drug-likeness (QED) is 0.132. The highest BCUT2D eigenvalue weighted by Crippen LogP contribution is 2.38. The van der Waals surface area contributed by atoms with Crippen molar-refractivity contribution in [3.05, 3.63) is 75.9 Å². The van der Waals surface area contributed by atoms with Crippen LogP contribution in [0.5, 0.6) is 0 Å². The van der Waals surface area contributed by atoms with Crippen molar-refractivity contribution in [3.8, 4) is 0 Å². The number of amides is 1. The van der Waals surface area contributed by atoms with Crippen molar-refractivity contribution in [2.45, 2.75) is 19.0 Å². The average molecular weight is 570 g/mol. The van der Waals surface area contributed by atoms with Crippen LogP contribution in [0.3, 0.4) is 0 Å². The first-order chi connectivity index (χ1) is 19.3. The van der Waals surface area contributed by atoms with E-state index in [1.54, 1.807) is 24.1 Å². The first kappa shape index (κ1) is 31.9. The zero-order valence-electron chi connectivity index (χ0n) is 23.8. The number of methoxy groups -OCH3 is 1. The molecule has 0 spiro atoms.